The molecule has 19 heavy (non-hydrogen) atoms. The summed E-state index contributed by atoms with van der Waals surface area (Å²) < 4.78 is 0.750. The highest BCUT2D eigenvalue weighted by Crippen LogP contribution is 2.22. The van der Waals surface area contributed by atoms with Crippen LogP contribution in [0.15, 0.2) is 53.0 Å². The third-order valence-electron chi connectivity index (χ3n) is 2.74. The van der Waals surface area contributed by atoms with E-state index < -0.39 is 0 Å². The average Bonchev–Trinajstić information content (AvgIpc) is 2.38. The highest BCUT2D eigenvalue weighted by Gasteiger charge is 2.00. The van der Waals surface area contributed by atoms with E-state index in [-0.39, 0.29) is 0 Å². The summed E-state index contributed by atoms with van der Waals surface area (Å²) in [4.78, 5) is 2.02. The van der Waals surface area contributed by atoms with Crippen LogP contribution in [0.2, 0.25) is 0 Å². The predicted molar refractivity (Wildman–Crippen MR) is 75.1 cm³/mol. The summed E-state index contributed by atoms with van der Waals surface area (Å²) in [5.41, 5.74) is 3.39. The van der Waals surface area contributed by atoms with Crippen LogP contribution in [0.3, 0.4) is 0 Å². The Morgan fingerprint density at radius 2 is 1.74 bits per heavy atom. The second-order valence-corrected chi connectivity index (χ2v) is 4.48. The van der Waals surface area contributed by atoms with Gasteiger partial charge in [-0.3, -0.25) is 0 Å². The lowest BCUT2D eigenvalue weighted by Gasteiger charge is -2.11. The van der Waals surface area contributed by atoms with Crippen LogP contribution < -0.4 is 9.63 Å². The van der Waals surface area contributed by atoms with Crippen LogP contribution >= 0.6 is 0 Å². The van der Waals surface area contributed by atoms with Crippen molar-refractivity contribution in [2.45, 2.75) is 6.92 Å². The van der Waals surface area contributed by atoms with Crippen LogP contribution in [-0.4, -0.2) is 14.1 Å². The molecule has 5 heteroatoms. The van der Waals surface area contributed by atoms with E-state index in [1.807, 2.05) is 50.2 Å². The highest BCUT2D eigenvalue weighted by molar-refractivity contribution is 5.52. The normalized spacial score (nSPS) is 10.9. The molecule has 0 bridgehead atoms. The molecule has 0 aliphatic heterocycles. The van der Waals surface area contributed by atoms with E-state index in [1.54, 1.807) is 6.07 Å². The van der Waals surface area contributed by atoms with E-state index in [1.165, 1.54) is 12.4 Å². The molecule has 0 unspecified atom stereocenters. The molecule has 1 aromatic heterocycles. The van der Waals surface area contributed by atoms with E-state index in [4.69, 9.17) is 0 Å². The predicted octanol–water partition coefficient (Wildman–Crippen LogP) is 3.11. The molecule has 5 nitrogen and oxygen atoms in total. The zero-order valence-electron chi connectivity index (χ0n) is 11.2. The number of aromatic nitrogens is 1. The number of nitrogens with zero attached hydrogens (tertiary/aromatic N) is 4. The summed E-state index contributed by atoms with van der Waals surface area (Å²) in [6.07, 6.45) is 2.89. The number of rotatable bonds is 3. The third-order valence-corrected chi connectivity index (χ3v) is 2.74. The van der Waals surface area contributed by atoms with Gasteiger partial charge in [-0.1, -0.05) is 0 Å². The zero-order chi connectivity index (χ0) is 13.8. The maximum atomic E-state index is 11.1. The number of azo groups is 1. The van der Waals surface area contributed by atoms with E-state index in [0.29, 0.717) is 5.69 Å². The average molecular weight is 256 g/mol. The van der Waals surface area contributed by atoms with Crippen molar-refractivity contribution < 1.29 is 4.73 Å². The molecule has 1 heterocycles. The van der Waals surface area contributed by atoms with Crippen molar-refractivity contribution in [3.63, 3.8) is 0 Å². The summed E-state index contributed by atoms with van der Waals surface area (Å²) in [6.45, 7) is 1.83. The fourth-order valence-electron chi connectivity index (χ4n) is 1.62. The van der Waals surface area contributed by atoms with Crippen LogP contribution in [-0.2, 0) is 0 Å². The molecule has 0 saturated heterocycles. The molecule has 1 aromatic carbocycles. The van der Waals surface area contributed by atoms with Gasteiger partial charge >= 0.3 is 0 Å². The standard InChI is InChI=1S/C14H16N4O/c1-11-10-18(19)9-8-14(11)16-15-12-4-6-13(7-5-12)17(2)3/h4-10H,1-3H3. The van der Waals surface area contributed by atoms with Gasteiger partial charge in [0.15, 0.2) is 12.4 Å². The Balaban J connectivity index is 2.18. The Morgan fingerprint density at radius 3 is 2.32 bits per heavy atom. The Hall–Kier alpha value is -2.43. The molecular formula is C14H16N4O. The van der Waals surface area contributed by atoms with Crippen molar-refractivity contribution in [3.05, 3.63) is 53.5 Å². The first-order valence-corrected chi connectivity index (χ1v) is 5.95. The van der Waals surface area contributed by atoms with E-state index in [0.717, 1.165) is 21.7 Å². The largest absolute Gasteiger partial charge is 0.619 e. The number of hydrogen-bond donors (Lipinski definition) is 0. The quantitative estimate of drug-likeness (QED) is 0.481. The molecule has 2 aromatic rings. The summed E-state index contributed by atoms with van der Waals surface area (Å²) >= 11 is 0. The molecule has 0 amide bonds. The van der Waals surface area contributed by atoms with Crippen molar-refractivity contribution in [2.75, 3.05) is 19.0 Å². The van der Waals surface area contributed by atoms with Crippen LogP contribution in [0.5, 0.6) is 0 Å². The Kier molecular flexibility index (Phi) is 3.75. The van der Waals surface area contributed by atoms with Crippen molar-refractivity contribution in [1.29, 1.82) is 0 Å². The smallest absolute Gasteiger partial charge is 0.185 e. The molecule has 0 aliphatic carbocycles. The van der Waals surface area contributed by atoms with Crippen molar-refractivity contribution in [2.24, 2.45) is 10.2 Å². The zero-order valence-corrected chi connectivity index (χ0v) is 11.2. The summed E-state index contributed by atoms with van der Waals surface area (Å²) in [5.74, 6) is 0. The first kappa shape index (κ1) is 13.0. The lowest BCUT2D eigenvalue weighted by Crippen LogP contribution is -2.24. The molecule has 0 N–H and O–H groups in total. The van der Waals surface area contributed by atoms with Gasteiger partial charge < -0.3 is 10.1 Å². The topological polar surface area (TPSA) is 54.9 Å². The minimum atomic E-state index is 0.698. The number of anilines is 1. The maximum absolute atomic E-state index is 11.1. The van der Waals surface area contributed by atoms with Crippen molar-refractivity contribution in [1.82, 2.24) is 0 Å². The molecule has 0 spiro atoms. The molecule has 98 valence electrons. The van der Waals surface area contributed by atoms with Gasteiger partial charge in [-0.05, 0) is 31.2 Å². The number of aryl methyl sites for hydroxylation is 1. The molecule has 0 fully saturated rings. The van der Waals surface area contributed by atoms with E-state index >= 15 is 0 Å². The van der Waals surface area contributed by atoms with E-state index in [2.05, 4.69) is 10.2 Å². The van der Waals surface area contributed by atoms with Gasteiger partial charge in [-0.25, -0.2) is 0 Å². The van der Waals surface area contributed by atoms with Gasteiger partial charge in [-0.15, -0.1) is 5.11 Å². The van der Waals surface area contributed by atoms with Crippen LogP contribution in [0.1, 0.15) is 5.56 Å². The number of benzene rings is 1. The van der Waals surface area contributed by atoms with Crippen molar-refractivity contribution >= 4 is 17.1 Å². The minimum absolute atomic E-state index is 0.698. The van der Waals surface area contributed by atoms with Gasteiger partial charge in [0.2, 0.25) is 0 Å². The molecule has 0 saturated carbocycles. The molecular weight excluding hydrogens is 240 g/mol. The van der Waals surface area contributed by atoms with Crippen LogP contribution in [0.4, 0.5) is 17.1 Å². The molecule has 0 radical (unpaired) electrons. The fraction of sp³-hybridized carbons (Fsp3) is 0.214. The summed E-state index contributed by atoms with van der Waals surface area (Å²) in [5, 5.41) is 19.4. The van der Waals surface area contributed by atoms with Gasteiger partial charge in [-0.2, -0.15) is 9.84 Å². The first-order valence-electron chi connectivity index (χ1n) is 5.95. The van der Waals surface area contributed by atoms with Crippen LogP contribution in [0, 0.1) is 12.1 Å². The minimum Gasteiger partial charge on any atom is -0.619 e. The molecule has 0 atom stereocenters. The fourth-order valence-corrected chi connectivity index (χ4v) is 1.62. The van der Waals surface area contributed by atoms with Gasteiger partial charge in [0.1, 0.15) is 5.69 Å². The second kappa shape index (κ2) is 5.48. The van der Waals surface area contributed by atoms with Gasteiger partial charge in [0.25, 0.3) is 0 Å². The second-order valence-electron chi connectivity index (χ2n) is 4.48. The third kappa shape index (κ3) is 3.28. The summed E-state index contributed by atoms with van der Waals surface area (Å²) in [7, 11) is 3.98. The number of pyridine rings is 1. The first-order chi connectivity index (χ1) is 9.06. The highest BCUT2D eigenvalue weighted by atomic mass is 16.5. The van der Waals surface area contributed by atoms with Gasteiger partial charge in [0, 0.05) is 31.4 Å². The Labute approximate surface area is 112 Å². The molecule has 2 rings (SSSR count). The molecule has 0 aliphatic rings. The lowest BCUT2D eigenvalue weighted by molar-refractivity contribution is -0.605. The maximum Gasteiger partial charge on any atom is 0.185 e. The van der Waals surface area contributed by atoms with Crippen LogP contribution in [0.25, 0.3) is 0 Å². The van der Waals surface area contributed by atoms with E-state index in [9.17, 15) is 5.21 Å². The van der Waals surface area contributed by atoms with Gasteiger partial charge in [0.05, 0.1) is 5.69 Å². The Morgan fingerprint density at radius 1 is 1.05 bits per heavy atom. The van der Waals surface area contributed by atoms with Crippen molar-refractivity contribution in [3.8, 4) is 0 Å². The monoisotopic (exact) mass is 256 g/mol. The SMILES string of the molecule is Cc1c[n+]([O-])ccc1N=Nc1ccc(N(C)C)cc1. The Bertz CT molecular complexity index is 591. The summed E-state index contributed by atoms with van der Waals surface area (Å²) in [6, 6.07) is 9.44. The lowest BCUT2D eigenvalue weighted by atomic mass is 10.2. The number of hydrogen-bond acceptors (Lipinski definition) is 4.